The molecule has 0 spiro atoms. The lowest BCUT2D eigenvalue weighted by Crippen LogP contribution is -2.49. The average molecular weight is 468 g/mol. The number of anilines is 1. The fraction of sp³-hybridized carbons (Fsp3) is 0.526. The Labute approximate surface area is 185 Å². The van der Waals surface area contributed by atoms with Gasteiger partial charge >= 0.3 is 6.18 Å². The van der Waals surface area contributed by atoms with E-state index in [9.17, 15) is 22.8 Å². The van der Waals surface area contributed by atoms with Crippen molar-refractivity contribution >= 4 is 22.6 Å². The monoisotopic (exact) mass is 468 g/mol. The molecule has 1 amide bonds. The van der Waals surface area contributed by atoms with Crippen LogP contribution in [0.1, 0.15) is 17.8 Å². The van der Waals surface area contributed by atoms with Crippen molar-refractivity contribution in [1.82, 2.24) is 35.1 Å². The van der Waals surface area contributed by atoms with Crippen molar-refractivity contribution in [3.8, 4) is 0 Å². The number of hydrogen-bond acceptors (Lipinski definition) is 7. The van der Waals surface area contributed by atoms with Gasteiger partial charge in [-0.25, -0.2) is 5.10 Å². The smallest absolute Gasteiger partial charge is 0.379 e. The largest absolute Gasteiger partial charge is 0.432 e. The highest BCUT2D eigenvalue weighted by atomic mass is 19.4. The molecule has 2 N–H and O–H groups in total. The minimum atomic E-state index is -4.47. The lowest BCUT2D eigenvalue weighted by atomic mass is 10.2. The summed E-state index contributed by atoms with van der Waals surface area (Å²) in [4.78, 5) is 27.7. The lowest BCUT2D eigenvalue weighted by Gasteiger charge is -2.34. The lowest BCUT2D eigenvalue weighted by molar-refractivity contribution is -0.141. The number of carbonyl (C=O) groups is 1. The summed E-state index contributed by atoms with van der Waals surface area (Å²) in [6, 6.07) is 0.974. The number of amides is 1. The number of aromatic nitrogens is 6. The molecule has 1 fully saturated rings. The van der Waals surface area contributed by atoms with Crippen molar-refractivity contribution in [1.29, 1.82) is 0 Å². The Morgan fingerprint density at radius 3 is 2.64 bits per heavy atom. The molecular weight excluding hydrogens is 445 g/mol. The van der Waals surface area contributed by atoms with Crippen LogP contribution in [-0.4, -0.2) is 80.4 Å². The van der Waals surface area contributed by atoms with E-state index in [2.05, 4.69) is 20.4 Å². The summed E-state index contributed by atoms with van der Waals surface area (Å²) >= 11 is 0. The summed E-state index contributed by atoms with van der Waals surface area (Å²) in [5, 5.41) is 16.7. The number of hydrogen-bond donors (Lipinski definition) is 2. The predicted molar refractivity (Wildman–Crippen MR) is 111 cm³/mol. The number of H-pyrrole nitrogens is 2. The second kappa shape index (κ2) is 9.21. The first kappa shape index (κ1) is 22.8. The topological polar surface area (TPSA) is 125 Å². The Morgan fingerprint density at radius 1 is 1.18 bits per heavy atom. The Morgan fingerprint density at radius 2 is 1.94 bits per heavy atom. The predicted octanol–water partition coefficient (Wildman–Crippen LogP) is 0.925. The van der Waals surface area contributed by atoms with E-state index in [0.717, 1.165) is 6.07 Å². The van der Waals surface area contributed by atoms with Crippen molar-refractivity contribution in [2.24, 2.45) is 0 Å². The number of halogens is 3. The third-order valence-electron chi connectivity index (χ3n) is 5.48. The first-order valence-electron chi connectivity index (χ1n) is 10.4. The van der Waals surface area contributed by atoms with Crippen LogP contribution in [0.2, 0.25) is 0 Å². The van der Waals surface area contributed by atoms with E-state index in [0.29, 0.717) is 55.9 Å². The number of nitrogens with zero attached hydrogens (tertiary/aromatic N) is 6. The second-order valence-corrected chi connectivity index (χ2v) is 7.64. The molecule has 0 aromatic carbocycles. The van der Waals surface area contributed by atoms with Crippen LogP contribution < -0.4 is 10.5 Å². The van der Waals surface area contributed by atoms with Crippen LogP contribution in [0.5, 0.6) is 0 Å². The molecule has 4 heterocycles. The molecular formula is C19H23F3N8O3. The van der Waals surface area contributed by atoms with Crippen LogP contribution in [0, 0.1) is 6.92 Å². The van der Waals surface area contributed by atoms with Crippen LogP contribution in [0.3, 0.4) is 0 Å². The summed E-state index contributed by atoms with van der Waals surface area (Å²) in [5.41, 5.74) is 0.0333. The van der Waals surface area contributed by atoms with Crippen LogP contribution in [-0.2, 0) is 22.3 Å². The molecule has 3 aromatic rings. The Kier molecular flexibility index (Phi) is 6.35. The first-order valence-corrected chi connectivity index (χ1v) is 10.4. The molecule has 1 saturated heterocycles. The van der Waals surface area contributed by atoms with Gasteiger partial charge in [0.05, 0.1) is 49.0 Å². The molecule has 1 aliphatic rings. The molecule has 0 radical (unpaired) electrons. The van der Waals surface area contributed by atoms with E-state index in [4.69, 9.17) is 4.74 Å². The zero-order chi connectivity index (χ0) is 23.6. The molecule has 0 unspecified atom stereocenters. The first-order chi connectivity index (χ1) is 15.7. The standard InChI is InChI=1S/C19H23F3N8O3/c1-12-17-13(11-23-26-18(17)32)30(27-12)7-9-33-8-2-16(31)29-5-3-28(4-6-29)15-10-14(24-25-15)19(20,21)22/h10-11H,2-9H2,1H3,(H,24,25)(H,26,32). The highest BCUT2D eigenvalue weighted by Crippen LogP contribution is 2.29. The van der Waals surface area contributed by atoms with E-state index in [1.165, 1.54) is 6.20 Å². The average Bonchev–Trinajstić information content (AvgIpc) is 3.40. The van der Waals surface area contributed by atoms with Crippen molar-refractivity contribution in [3.05, 3.63) is 34.0 Å². The van der Waals surface area contributed by atoms with Gasteiger partial charge in [-0.15, -0.1) is 0 Å². The van der Waals surface area contributed by atoms with Gasteiger partial charge in [-0.05, 0) is 6.92 Å². The van der Waals surface area contributed by atoms with E-state index in [1.807, 2.05) is 5.10 Å². The number of fused-ring (bicyclic) bond motifs is 1. The normalized spacial score (nSPS) is 14.9. The fourth-order valence-electron chi connectivity index (χ4n) is 3.76. The molecule has 4 rings (SSSR count). The van der Waals surface area contributed by atoms with Gasteiger partial charge in [0.1, 0.15) is 5.69 Å². The van der Waals surface area contributed by atoms with Gasteiger partial charge in [0.15, 0.2) is 5.82 Å². The fourth-order valence-corrected chi connectivity index (χ4v) is 3.76. The summed E-state index contributed by atoms with van der Waals surface area (Å²) in [5.74, 6) is 0.139. The number of alkyl halides is 3. The van der Waals surface area contributed by atoms with Crippen LogP contribution in [0.25, 0.3) is 10.9 Å². The van der Waals surface area contributed by atoms with Gasteiger partial charge in [-0.2, -0.15) is 28.5 Å². The molecule has 1 aliphatic heterocycles. The molecule has 0 saturated carbocycles. The summed E-state index contributed by atoms with van der Waals surface area (Å²) < 4.78 is 45.4. The zero-order valence-electron chi connectivity index (χ0n) is 17.9. The second-order valence-electron chi connectivity index (χ2n) is 7.64. The van der Waals surface area contributed by atoms with Crippen LogP contribution in [0.15, 0.2) is 17.1 Å². The summed E-state index contributed by atoms with van der Waals surface area (Å²) in [6.07, 6.45) is -2.74. The third kappa shape index (κ3) is 4.99. The summed E-state index contributed by atoms with van der Waals surface area (Å²) in [7, 11) is 0. The Bertz CT molecular complexity index is 1180. The molecule has 0 atom stereocenters. The van der Waals surface area contributed by atoms with Crippen molar-refractivity contribution in [2.75, 3.05) is 44.3 Å². The van der Waals surface area contributed by atoms with E-state index < -0.39 is 11.9 Å². The van der Waals surface area contributed by atoms with E-state index in [1.54, 1.807) is 21.4 Å². The molecule has 3 aromatic heterocycles. The van der Waals surface area contributed by atoms with Crippen LogP contribution in [0.4, 0.5) is 19.0 Å². The number of piperazine rings is 1. The minimum Gasteiger partial charge on any atom is -0.379 e. The quantitative estimate of drug-likeness (QED) is 0.494. The van der Waals surface area contributed by atoms with Gasteiger partial charge in [0.2, 0.25) is 5.91 Å². The SMILES string of the molecule is Cc1nn(CCOCCC(=O)N2CCN(c3cc(C(F)(F)F)[nH]n3)CC2)c2cn[nH]c(=O)c12. The van der Waals surface area contributed by atoms with Gasteiger partial charge in [0.25, 0.3) is 5.56 Å². The maximum Gasteiger partial charge on any atom is 0.432 e. The molecule has 0 bridgehead atoms. The molecule has 33 heavy (non-hydrogen) atoms. The van der Waals surface area contributed by atoms with Gasteiger partial charge in [-0.3, -0.25) is 19.4 Å². The van der Waals surface area contributed by atoms with Gasteiger partial charge < -0.3 is 14.5 Å². The Balaban J connectivity index is 1.19. The van der Waals surface area contributed by atoms with E-state index >= 15 is 0 Å². The number of carbonyl (C=O) groups excluding carboxylic acids is 1. The van der Waals surface area contributed by atoms with E-state index in [-0.39, 0.29) is 30.3 Å². The number of nitrogens with one attached hydrogen (secondary N) is 2. The van der Waals surface area contributed by atoms with Crippen molar-refractivity contribution in [3.63, 3.8) is 0 Å². The number of aromatic amines is 2. The highest BCUT2D eigenvalue weighted by molar-refractivity contribution is 5.79. The highest BCUT2D eigenvalue weighted by Gasteiger charge is 2.34. The zero-order valence-corrected chi connectivity index (χ0v) is 17.9. The molecule has 11 nitrogen and oxygen atoms in total. The molecule has 0 aliphatic carbocycles. The molecule has 14 heteroatoms. The van der Waals surface area contributed by atoms with Crippen molar-refractivity contribution < 1.29 is 22.7 Å². The van der Waals surface area contributed by atoms with Gasteiger partial charge in [0, 0.05) is 32.2 Å². The number of ether oxygens (including phenoxy) is 1. The maximum absolute atomic E-state index is 12.7. The number of rotatable bonds is 7. The summed E-state index contributed by atoms with van der Waals surface area (Å²) in [6.45, 7) is 4.28. The third-order valence-corrected chi connectivity index (χ3v) is 5.48. The minimum absolute atomic E-state index is 0.0798. The Hall–Kier alpha value is -3.42. The maximum atomic E-state index is 12.7. The van der Waals surface area contributed by atoms with Crippen LogP contribution >= 0.6 is 0 Å². The van der Waals surface area contributed by atoms with Crippen molar-refractivity contribution in [2.45, 2.75) is 26.1 Å². The van der Waals surface area contributed by atoms with Gasteiger partial charge in [-0.1, -0.05) is 0 Å². The number of aryl methyl sites for hydroxylation is 1. The molecule has 178 valence electrons.